The molecule has 3 N–H and O–H groups in total. The number of rotatable bonds is 3. The van der Waals surface area contributed by atoms with E-state index < -0.39 is 6.10 Å². The highest BCUT2D eigenvalue weighted by Crippen LogP contribution is 2.19. The highest BCUT2D eigenvalue weighted by Gasteiger charge is 2.30. The molecule has 2 saturated heterocycles. The molecule has 0 unspecified atom stereocenters. The van der Waals surface area contributed by atoms with Crippen molar-refractivity contribution in [3.8, 4) is 0 Å². The van der Waals surface area contributed by atoms with Crippen LogP contribution in [0.15, 0.2) is 18.3 Å². The smallest absolute Gasteiger partial charge is 0.225 e. The molecule has 0 bridgehead atoms. The second-order valence-corrected chi connectivity index (χ2v) is 6.61. The SMILES string of the molecule is Nc1ncccc1CN1CCN(C(=O)C2CCOCC2)C[C@@H](O)C1. The van der Waals surface area contributed by atoms with Crippen molar-refractivity contribution in [2.45, 2.75) is 25.5 Å². The summed E-state index contributed by atoms with van der Waals surface area (Å²) in [4.78, 5) is 20.7. The summed E-state index contributed by atoms with van der Waals surface area (Å²) in [5.74, 6) is 0.706. The van der Waals surface area contributed by atoms with Crippen molar-refractivity contribution in [2.75, 3.05) is 45.1 Å². The first-order chi connectivity index (χ1) is 11.6. The Morgan fingerprint density at radius 2 is 2.12 bits per heavy atom. The van der Waals surface area contributed by atoms with Gasteiger partial charge in [0.25, 0.3) is 0 Å². The second-order valence-electron chi connectivity index (χ2n) is 6.61. The van der Waals surface area contributed by atoms with Gasteiger partial charge in [-0.25, -0.2) is 4.98 Å². The number of anilines is 1. The van der Waals surface area contributed by atoms with Crippen LogP contribution in [0.4, 0.5) is 5.82 Å². The van der Waals surface area contributed by atoms with Gasteiger partial charge in [-0.05, 0) is 18.9 Å². The minimum Gasteiger partial charge on any atom is -0.390 e. The summed E-state index contributed by atoms with van der Waals surface area (Å²) in [7, 11) is 0. The quantitative estimate of drug-likeness (QED) is 0.814. The molecule has 1 aromatic heterocycles. The third-order valence-electron chi connectivity index (χ3n) is 4.79. The van der Waals surface area contributed by atoms with E-state index in [0.29, 0.717) is 45.2 Å². The molecule has 2 fully saturated rings. The summed E-state index contributed by atoms with van der Waals surface area (Å²) >= 11 is 0. The van der Waals surface area contributed by atoms with Crippen molar-refractivity contribution in [3.05, 3.63) is 23.9 Å². The Hall–Kier alpha value is -1.70. The van der Waals surface area contributed by atoms with Crippen LogP contribution in [-0.2, 0) is 16.1 Å². The highest BCUT2D eigenvalue weighted by atomic mass is 16.5. The number of β-amino-alcohol motifs (C(OH)–C–C–N with tert-alkyl or cyclic N) is 1. The molecular weight excluding hydrogens is 308 g/mol. The largest absolute Gasteiger partial charge is 0.390 e. The minimum atomic E-state index is -0.547. The molecule has 1 aromatic rings. The average Bonchev–Trinajstić information content (AvgIpc) is 2.78. The average molecular weight is 334 g/mol. The highest BCUT2D eigenvalue weighted by molar-refractivity contribution is 5.79. The monoisotopic (exact) mass is 334 g/mol. The minimum absolute atomic E-state index is 0.0338. The third-order valence-corrected chi connectivity index (χ3v) is 4.79. The van der Waals surface area contributed by atoms with Crippen LogP contribution in [0.25, 0.3) is 0 Å². The van der Waals surface area contributed by atoms with Gasteiger partial charge in [0, 0.05) is 63.6 Å². The van der Waals surface area contributed by atoms with E-state index in [2.05, 4.69) is 9.88 Å². The molecule has 2 aliphatic rings. The molecule has 1 amide bonds. The van der Waals surface area contributed by atoms with Gasteiger partial charge in [-0.2, -0.15) is 0 Å². The van der Waals surface area contributed by atoms with E-state index in [9.17, 15) is 9.90 Å². The summed E-state index contributed by atoms with van der Waals surface area (Å²) in [5.41, 5.74) is 6.86. The van der Waals surface area contributed by atoms with Crippen LogP contribution in [0.5, 0.6) is 0 Å². The summed E-state index contributed by atoms with van der Waals surface area (Å²) < 4.78 is 5.33. The Balaban J connectivity index is 1.60. The maximum Gasteiger partial charge on any atom is 0.225 e. The lowest BCUT2D eigenvalue weighted by atomic mass is 9.98. The number of ether oxygens (including phenoxy) is 1. The lowest BCUT2D eigenvalue weighted by Gasteiger charge is -2.29. The Labute approximate surface area is 142 Å². The van der Waals surface area contributed by atoms with E-state index in [1.165, 1.54) is 0 Å². The lowest BCUT2D eigenvalue weighted by Crippen LogP contribution is -2.42. The van der Waals surface area contributed by atoms with E-state index >= 15 is 0 Å². The molecule has 1 atom stereocenters. The van der Waals surface area contributed by atoms with Crippen molar-refractivity contribution in [3.63, 3.8) is 0 Å². The number of nitrogen functional groups attached to an aromatic ring is 1. The molecule has 7 heteroatoms. The Kier molecular flexibility index (Phi) is 5.65. The Bertz CT molecular complexity index is 563. The number of hydrogen-bond acceptors (Lipinski definition) is 6. The standard InChI is InChI=1S/C17H26N4O3/c18-16-14(2-1-5-19-16)10-20-6-7-21(12-15(22)11-20)17(23)13-3-8-24-9-4-13/h1-2,5,13,15,22H,3-4,6-12H2,(H2,18,19)/t15-/m0/s1. The van der Waals surface area contributed by atoms with Crippen LogP contribution in [-0.4, -0.2) is 71.3 Å². The number of carbonyl (C=O) groups is 1. The molecule has 0 aliphatic carbocycles. The van der Waals surface area contributed by atoms with Gasteiger partial charge in [0.05, 0.1) is 6.10 Å². The molecule has 7 nitrogen and oxygen atoms in total. The molecule has 0 saturated carbocycles. The molecule has 0 radical (unpaired) electrons. The number of aromatic nitrogens is 1. The maximum absolute atomic E-state index is 12.7. The molecule has 132 valence electrons. The van der Waals surface area contributed by atoms with Gasteiger partial charge in [0.2, 0.25) is 5.91 Å². The summed E-state index contributed by atoms with van der Waals surface area (Å²) in [6.07, 6.45) is 2.68. The van der Waals surface area contributed by atoms with Crippen molar-refractivity contribution in [1.29, 1.82) is 0 Å². The first kappa shape index (κ1) is 17.1. The van der Waals surface area contributed by atoms with Crippen molar-refractivity contribution in [1.82, 2.24) is 14.8 Å². The van der Waals surface area contributed by atoms with Crippen LogP contribution in [0.3, 0.4) is 0 Å². The predicted molar refractivity (Wildman–Crippen MR) is 90.1 cm³/mol. The maximum atomic E-state index is 12.7. The zero-order valence-electron chi connectivity index (χ0n) is 13.9. The zero-order valence-corrected chi connectivity index (χ0v) is 13.9. The normalized spacial score (nSPS) is 23.9. The van der Waals surface area contributed by atoms with E-state index in [4.69, 9.17) is 10.5 Å². The van der Waals surface area contributed by atoms with Gasteiger partial charge in [0.1, 0.15) is 5.82 Å². The molecule has 3 rings (SSSR count). The van der Waals surface area contributed by atoms with E-state index in [1.807, 2.05) is 17.0 Å². The summed E-state index contributed by atoms with van der Waals surface area (Å²) in [6.45, 7) is 4.23. The molecule has 2 aliphatic heterocycles. The molecule has 0 aromatic carbocycles. The number of pyridine rings is 1. The van der Waals surface area contributed by atoms with Crippen molar-refractivity contribution < 1.29 is 14.6 Å². The van der Waals surface area contributed by atoms with E-state index in [-0.39, 0.29) is 11.8 Å². The molecular formula is C17H26N4O3. The van der Waals surface area contributed by atoms with Crippen molar-refractivity contribution in [2.24, 2.45) is 5.92 Å². The predicted octanol–water partition coefficient (Wildman–Crippen LogP) is 0.0955. The number of nitrogens with two attached hydrogens (primary N) is 1. The fourth-order valence-electron chi connectivity index (χ4n) is 3.43. The number of aliphatic hydroxyl groups excluding tert-OH is 1. The van der Waals surface area contributed by atoms with Crippen LogP contribution < -0.4 is 5.73 Å². The second kappa shape index (κ2) is 7.92. The van der Waals surface area contributed by atoms with Crippen LogP contribution in [0, 0.1) is 5.92 Å². The number of aliphatic hydroxyl groups is 1. The Morgan fingerprint density at radius 3 is 2.88 bits per heavy atom. The Morgan fingerprint density at radius 1 is 1.33 bits per heavy atom. The van der Waals surface area contributed by atoms with Gasteiger partial charge < -0.3 is 20.5 Å². The number of nitrogens with zero attached hydrogens (tertiary/aromatic N) is 3. The van der Waals surface area contributed by atoms with E-state index in [0.717, 1.165) is 24.9 Å². The lowest BCUT2D eigenvalue weighted by molar-refractivity contribution is -0.139. The first-order valence-electron chi connectivity index (χ1n) is 8.60. The van der Waals surface area contributed by atoms with Gasteiger partial charge in [0.15, 0.2) is 0 Å². The number of carbonyl (C=O) groups excluding carboxylic acids is 1. The van der Waals surface area contributed by atoms with Crippen LogP contribution in [0.1, 0.15) is 18.4 Å². The third kappa shape index (κ3) is 4.23. The van der Waals surface area contributed by atoms with Crippen molar-refractivity contribution >= 4 is 11.7 Å². The van der Waals surface area contributed by atoms with Crippen LogP contribution >= 0.6 is 0 Å². The topological polar surface area (TPSA) is 91.9 Å². The van der Waals surface area contributed by atoms with E-state index in [1.54, 1.807) is 6.20 Å². The zero-order chi connectivity index (χ0) is 16.9. The fourth-order valence-corrected chi connectivity index (χ4v) is 3.43. The summed E-state index contributed by atoms with van der Waals surface area (Å²) in [6, 6.07) is 3.81. The van der Waals surface area contributed by atoms with Gasteiger partial charge in [-0.15, -0.1) is 0 Å². The number of amides is 1. The molecule has 0 spiro atoms. The van der Waals surface area contributed by atoms with Crippen LogP contribution in [0.2, 0.25) is 0 Å². The fraction of sp³-hybridized carbons (Fsp3) is 0.647. The van der Waals surface area contributed by atoms with Gasteiger partial charge in [-0.1, -0.05) is 6.07 Å². The summed E-state index contributed by atoms with van der Waals surface area (Å²) in [5, 5.41) is 10.3. The van der Waals surface area contributed by atoms with Gasteiger partial charge >= 0.3 is 0 Å². The molecule has 24 heavy (non-hydrogen) atoms. The number of hydrogen-bond donors (Lipinski definition) is 2. The first-order valence-corrected chi connectivity index (χ1v) is 8.60. The van der Waals surface area contributed by atoms with Gasteiger partial charge in [-0.3, -0.25) is 9.69 Å². The molecule has 3 heterocycles.